The highest BCUT2D eigenvalue weighted by Gasteiger charge is 2.40. The van der Waals surface area contributed by atoms with Gasteiger partial charge in [-0.15, -0.1) is 0 Å². The highest BCUT2D eigenvalue weighted by molar-refractivity contribution is 7.92. The van der Waals surface area contributed by atoms with E-state index in [-0.39, 0.29) is 59.8 Å². The standard InChI is InChI=1S/C27H30F3N3O5S/c1-26(2)15-22-16-31-25(35)19-7-5-10-23(13-19)39(36,37)33(21-9-6-8-20(14-21)27(28,29)30)11-3-4-12-38-17-24(34)32(22)18-26/h3-10,13-14,22H,11-12,15-18H2,1-2H3,(H,31,35)/b4-3-. The Bertz CT molecular complexity index is 1370. The van der Waals surface area contributed by atoms with Crippen LogP contribution in [0.25, 0.3) is 0 Å². The molecule has 0 radical (unpaired) electrons. The first kappa shape index (κ1) is 28.6. The van der Waals surface area contributed by atoms with Crippen LogP contribution in [0.5, 0.6) is 0 Å². The molecule has 210 valence electrons. The van der Waals surface area contributed by atoms with Crippen molar-refractivity contribution in [2.24, 2.45) is 5.41 Å². The van der Waals surface area contributed by atoms with Gasteiger partial charge < -0.3 is 15.0 Å². The van der Waals surface area contributed by atoms with Crippen molar-refractivity contribution in [3.05, 3.63) is 71.8 Å². The third-order valence-electron chi connectivity index (χ3n) is 6.67. The third kappa shape index (κ3) is 6.62. The van der Waals surface area contributed by atoms with Gasteiger partial charge in [0.15, 0.2) is 0 Å². The van der Waals surface area contributed by atoms with E-state index < -0.39 is 27.7 Å². The van der Waals surface area contributed by atoms with Crippen LogP contribution < -0.4 is 9.62 Å². The van der Waals surface area contributed by atoms with Crippen LogP contribution in [0.15, 0.2) is 65.6 Å². The first-order chi connectivity index (χ1) is 18.3. The molecule has 0 aromatic heterocycles. The minimum absolute atomic E-state index is 0.00363. The van der Waals surface area contributed by atoms with E-state index in [1.807, 2.05) is 13.8 Å². The average molecular weight is 566 g/mol. The lowest BCUT2D eigenvalue weighted by Crippen LogP contribution is -2.44. The number of rotatable bonds is 1. The van der Waals surface area contributed by atoms with Gasteiger partial charge in [-0.05, 0) is 48.2 Å². The van der Waals surface area contributed by atoms with Crippen LogP contribution >= 0.6 is 0 Å². The van der Waals surface area contributed by atoms with Gasteiger partial charge in [0.25, 0.3) is 15.9 Å². The molecule has 2 amide bonds. The summed E-state index contributed by atoms with van der Waals surface area (Å²) < 4.78 is 73.8. The van der Waals surface area contributed by atoms with E-state index >= 15 is 0 Å². The van der Waals surface area contributed by atoms with E-state index in [1.165, 1.54) is 42.5 Å². The van der Waals surface area contributed by atoms with Gasteiger partial charge in [-0.2, -0.15) is 13.2 Å². The van der Waals surface area contributed by atoms with Crippen LogP contribution in [0.4, 0.5) is 18.9 Å². The molecule has 4 rings (SSSR count). The van der Waals surface area contributed by atoms with Gasteiger partial charge in [-0.25, -0.2) is 8.42 Å². The predicted octanol–water partition coefficient (Wildman–Crippen LogP) is 3.84. The molecule has 8 nitrogen and oxygen atoms in total. The molecular formula is C27H30F3N3O5S. The Morgan fingerprint density at radius 2 is 1.79 bits per heavy atom. The number of fused-ring (bicyclic) bond motifs is 3. The normalized spacial score (nSPS) is 23.1. The van der Waals surface area contributed by atoms with Gasteiger partial charge in [-0.3, -0.25) is 13.9 Å². The molecule has 2 bridgehead atoms. The highest BCUT2D eigenvalue weighted by atomic mass is 32.2. The number of halogens is 3. The number of hydrogen-bond acceptors (Lipinski definition) is 5. The molecule has 39 heavy (non-hydrogen) atoms. The number of anilines is 1. The Morgan fingerprint density at radius 1 is 1.05 bits per heavy atom. The molecule has 2 heterocycles. The number of carbonyl (C=O) groups excluding carboxylic acids is 2. The largest absolute Gasteiger partial charge is 0.416 e. The molecule has 0 aliphatic carbocycles. The van der Waals surface area contributed by atoms with Gasteiger partial charge in [0.05, 0.1) is 29.3 Å². The minimum Gasteiger partial charge on any atom is -0.368 e. The summed E-state index contributed by atoms with van der Waals surface area (Å²) in [6.45, 7) is 4.23. The fourth-order valence-electron chi connectivity index (χ4n) is 4.83. The molecule has 2 aliphatic rings. The van der Waals surface area contributed by atoms with Crippen LogP contribution in [-0.4, -0.2) is 64.0 Å². The number of amides is 2. The van der Waals surface area contributed by atoms with Gasteiger partial charge in [0.1, 0.15) is 6.61 Å². The molecular weight excluding hydrogens is 535 g/mol. The second-order valence-electron chi connectivity index (χ2n) is 10.4. The van der Waals surface area contributed by atoms with E-state index in [0.29, 0.717) is 13.0 Å². The average Bonchev–Trinajstić information content (AvgIpc) is 3.20. The smallest absolute Gasteiger partial charge is 0.368 e. The molecule has 0 saturated carbocycles. The number of nitrogens with zero attached hydrogens (tertiary/aromatic N) is 2. The summed E-state index contributed by atoms with van der Waals surface area (Å²) >= 11 is 0. The van der Waals surface area contributed by atoms with Crippen molar-refractivity contribution >= 4 is 27.5 Å². The summed E-state index contributed by atoms with van der Waals surface area (Å²) in [5.41, 5.74) is -1.27. The number of sulfonamides is 1. The zero-order chi connectivity index (χ0) is 28.4. The van der Waals surface area contributed by atoms with E-state index in [4.69, 9.17) is 4.74 Å². The monoisotopic (exact) mass is 565 g/mol. The first-order valence-corrected chi connectivity index (χ1v) is 13.8. The van der Waals surface area contributed by atoms with Crippen molar-refractivity contribution in [1.82, 2.24) is 10.2 Å². The number of alkyl halides is 3. The molecule has 12 heteroatoms. The molecule has 1 unspecified atom stereocenters. The molecule has 1 saturated heterocycles. The summed E-state index contributed by atoms with van der Waals surface area (Å²) in [5, 5.41) is 2.79. The van der Waals surface area contributed by atoms with Crippen molar-refractivity contribution in [3.8, 4) is 0 Å². The first-order valence-electron chi connectivity index (χ1n) is 12.4. The Hall–Kier alpha value is -3.38. The van der Waals surface area contributed by atoms with Gasteiger partial charge in [0, 0.05) is 24.7 Å². The van der Waals surface area contributed by atoms with Crippen molar-refractivity contribution < 1.29 is 35.9 Å². The van der Waals surface area contributed by atoms with Crippen LogP contribution in [0, 0.1) is 5.41 Å². The topological polar surface area (TPSA) is 96.0 Å². The fourth-order valence-corrected chi connectivity index (χ4v) is 6.28. The van der Waals surface area contributed by atoms with Crippen molar-refractivity contribution in [2.45, 2.75) is 37.4 Å². The summed E-state index contributed by atoms with van der Waals surface area (Å²) in [5.74, 6) is -0.761. The molecule has 2 aromatic carbocycles. The van der Waals surface area contributed by atoms with E-state index in [9.17, 15) is 31.2 Å². The number of benzene rings is 2. The SMILES string of the molecule is CC1(C)CC2CNC(=O)c3cccc(c3)S(=O)(=O)N(c3cccc(C(F)(F)F)c3)C/C=C\COCC(=O)N2C1. The number of ether oxygens (including phenoxy) is 1. The minimum atomic E-state index is -4.67. The molecule has 1 N–H and O–H groups in total. The molecule has 2 aromatic rings. The van der Waals surface area contributed by atoms with Crippen LogP contribution in [0.2, 0.25) is 0 Å². The predicted molar refractivity (Wildman–Crippen MR) is 139 cm³/mol. The Kier molecular flexibility index (Phi) is 8.08. The van der Waals surface area contributed by atoms with E-state index in [2.05, 4.69) is 5.32 Å². The maximum atomic E-state index is 13.7. The number of nitrogens with one attached hydrogen (secondary N) is 1. The van der Waals surface area contributed by atoms with Crippen molar-refractivity contribution in [3.63, 3.8) is 0 Å². The van der Waals surface area contributed by atoms with E-state index in [1.54, 1.807) is 4.90 Å². The lowest BCUT2D eigenvalue weighted by molar-refractivity contribution is -0.138. The van der Waals surface area contributed by atoms with Crippen LogP contribution in [0.1, 0.15) is 36.2 Å². The zero-order valence-corrected chi connectivity index (χ0v) is 22.4. The Labute approximate surface area is 225 Å². The summed E-state index contributed by atoms with van der Waals surface area (Å²) in [6, 6.07) is 9.09. The Balaban J connectivity index is 1.71. The summed E-state index contributed by atoms with van der Waals surface area (Å²) in [4.78, 5) is 27.3. The van der Waals surface area contributed by atoms with Gasteiger partial charge in [0.2, 0.25) is 5.91 Å². The van der Waals surface area contributed by atoms with Gasteiger partial charge in [-0.1, -0.05) is 38.1 Å². The quantitative estimate of drug-likeness (QED) is 0.531. The zero-order valence-electron chi connectivity index (χ0n) is 21.6. The second kappa shape index (κ2) is 11.0. The second-order valence-corrected chi connectivity index (χ2v) is 12.2. The van der Waals surface area contributed by atoms with E-state index in [0.717, 1.165) is 22.5 Å². The Morgan fingerprint density at radius 3 is 2.54 bits per heavy atom. The molecule has 2 aliphatic heterocycles. The summed E-state index contributed by atoms with van der Waals surface area (Å²) in [6.07, 6.45) is -1.05. The van der Waals surface area contributed by atoms with Crippen LogP contribution in [0.3, 0.4) is 0 Å². The third-order valence-corrected chi connectivity index (χ3v) is 8.46. The molecule has 1 atom stereocenters. The molecule has 1 fully saturated rings. The van der Waals surface area contributed by atoms with Gasteiger partial charge >= 0.3 is 6.18 Å². The number of carbonyl (C=O) groups is 2. The fraction of sp³-hybridized carbons (Fsp3) is 0.407. The lowest BCUT2D eigenvalue weighted by atomic mass is 9.91. The maximum Gasteiger partial charge on any atom is 0.416 e. The van der Waals surface area contributed by atoms with Crippen molar-refractivity contribution in [1.29, 1.82) is 0 Å². The van der Waals surface area contributed by atoms with Crippen molar-refractivity contribution in [2.75, 3.05) is 37.2 Å². The number of hydrogen-bond donors (Lipinski definition) is 1. The highest BCUT2D eigenvalue weighted by Crippen LogP contribution is 2.35. The molecule has 0 spiro atoms. The summed E-state index contributed by atoms with van der Waals surface area (Å²) in [7, 11) is -4.38. The lowest BCUT2D eigenvalue weighted by Gasteiger charge is -2.25. The maximum absolute atomic E-state index is 13.7. The van der Waals surface area contributed by atoms with Crippen LogP contribution in [-0.2, 0) is 25.7 Å².